The smallest absolute Gasteiger partial charge is 0.0434 e. The number of hydrogen-bond donors (Lipinski definition) is 2. The molecule has 0 radical (unpaired) electrons. The van der Waals surface area contributed by atoms with Crippen LogP contribution in [0.1, 0.15) is 39.5 Å². The highest BCUT2D eigenvalue weighted by Crippen LogP contribution is 2.34. The topological polar surface area (TPSA) is 35.5 Å². The fraction of sp³-hybridized carbons (Fsp3) is 1.00. The predicted octanol–water partition coefficient (Wildman–Crippen LogP) is 1.47. The molecule has 17 heavy (non-hydrogen) atoms. The highest BCUT2D eigenvalue weighted by molar-refractivity contribution is 4.92. The number of nitrogens with zero attached hydrogens (tertiary/aromatic N) is 1. The van der Waals surface area contributed by atoms with Crippen molar-refractivity contribution in [3.63, 3.8) is 0 Å². The van der Waals surface area contributed by atoms with Crippen LogP contribution < -0.4 is 5.32 Å². The second kappa shape index (κ2) is 6.17. The van der Waals surface area contributed by atoms with E-state index >= 15 is 0 Å². The first-order chi connectivity index (χ1) is 8.24. The van der Waals surface area contributed by atoms with Crippen molar-refractivity contribution < 1.29 is 5.11 Å². The maximum Gasteiger partial charge on any atom is 0.0434 e. The van der Waals surface area contributed by atoms with E-state index in [1.54, 1.807) is 0 Å². The van der Waals surface area contributed by atoms with E-state index in [-0.39, 0.29) is 0 Å². The molecule has 2 fully saturated rings. The molecule has 0 spiro atoms. The number of likely N-dealkylation sites (N-methyl/N-ethyl adjacent to an activating group) is 1. The molecular formula is C14H28N2O. The zero-order valence-corrected chi connectivity index (χ0v) is 11.4. The highest BCUT2D eigenvalue weighted by Gasteiger charge is 2.37. The second-order valence-electron chi connectivity index (χ2n) is 5.94. The Labute approximate surface area is 106 Å². The Kier molecular flexibility index (Phi) is 4.83. The van der Waals surface area contributed by atoms with E-state index in [2.05, 4.69) is 24.1 Å². The first-order valence-electron chi connectivity index (χ1n) is 7.32. The number of nitrogens with one attached hydrogen (secondary N) is 1. The monoisotopic (exact) mass is 240 g/mol. The molecule has 3 nitrogen and oxygen atoms in total. The van der Waals surface area contributed by atoms with Crippen LogP contribution in [0.4, 0.5) is 0 Å². The summed E-state index contributed by atoms with van der Waals surface area (Å²) in [6.45, 7) is 8.39. The molecule has 1 aliphatic carbocycles. The van der Waals surface area contributed by atoms with Gasteiger partial charge in [-0.05, 0) is 44.1 Å². The zero-order chi connectivity index (χ0) is 12.3. The lowest BCUT2D eigenvalue weighted by molar-refractivity contribution is 0.0182. The van der Waals surface area contributed by atoms with Crippen molar-refractivity contribution in [3.05, 3.63) is 0 Å². The molecule has 1 saturated carbocycles. The average Bonchev–Trinajstić information content (AvgIpc) is 2.28. The van der Waals surface area contributed by atoms with Gasteiger partial charge in [-0.1, -0.05) is 13.8 Å². The summed E-state index contributed by atoms with van der Waals surface area (Å²) in [4.78, 5) is 2.69. The molecular weight excluding hydrogens is 212 g/mol. The highest BCUT2D eigenvalue weighted by atomic mass is 16.3. The van der Waals surface area contributed by atoms with Crippen LogP contribution in [-0.2, 0) is 0 Å². The van der Waals surface area contributed by atoms with Gasteiger partial charge in [0.1, 0.15) is 0 Å². The van der Waals surface area contributed by atoms with Crippen molar-refractivity contribution in [3.8, 4) is 0 Å². The summed E-state index contributed by atoms with van der Waals surface area (Å²) in [6, 6.07) is 1.45. The third kappa shape index (κ3) is 3.21. The molecule has 2 N–H and O–H groups in total. The third-order valence-electron chi connectivity index (χ3n) is 4.64. The molecule has 100 valence electrons. The SMILES string of the molecule is CCNC1CC(CCO)CN(C2CCC2C)C1. The first kappa shape index (κ1) is 13.3. The lowest BCUT2D eigenvalue weighted by atomic mass is 9.78. The van der Waals surface area contributed by atoms with Crippen LogP contribution in [0.2, 0.25) is 0 Å². The maximum atomic E-state index is 9.14. The van der Waals surface area contributed by atoms with Gasteiger partial charge in [-0.15, -0.1) is 0 Å². The van der Waals surface area contributed by atoms with E-state index in [0.717, 1.165) is 24.9 Å². The quantitative estimate of drug-likeness (QED) is 0.764. The Balaban J connectivity index is 1.90. The number of likely N-dealkylation sites (tertiary alicyclic amines) is 1. The van der Waals surface area contributed by atoms with Gasteiger partial charge in [0.05, 0.1) is 0 Å². The number of rotatable bonds is 5. The Morgan fingerprint density at radius 2 is 2.12 bits per heavy atom. The van der Waals surface area contributed by atoms with E-state index in [0.29, 0.717) is 18.6 Å². The van der Waals surface area contributed by atoms with Crippen molar-refractivity contribution >= 4 is 0 Å². The summed E-state index contributed by atoms with van der Waals surface area (Å²) >= 11 is 0. The van der Waals surface area contributed by atoms with Gasteiger partial charge in [0, 0.05) is 31.8 Å². The van der Waals surface area contributed by atoms with E-state index in [1.807, 2.05) is 0 Å². The fourth-order valence-electron chi connectivity index (χ4n) is 3.53. The number of aliphatic hydroxyl groups is 1. The van der Waals surface area contributed by atoms with E-state index in [1.165, 1.54) is 32.4 Å². The van der Waals surface area contributed by atoms with Gasteiger partial charge in [-0.3, -0.25) is 4.90 Å². The first-order valence-corrected chi connectivity index (χ1v) is 7.32. The molecule has 1 aliphatic heterocycles. The number of hydrogen-bond acceptors (Lipinski definition) is 3. The van der Waals surface area contributed by atoms with Crippen molar-refractivity contribution in [2.75, 3.05) is 26.2 Å². The van der Waals surface area contributed by atoms with Crippen LogP contribution in [0.25, 0.3) is 0 Å². The lowest BCUT2D eigenvalue weighted by Gasteiger charge is -2.48. The molecule has 0 bridgehead atoms. The van der Waals surface area contributed by atoms with Crippen LogP contribution in [-0.4, -0.2) is 48.3 Å². The zero-order valence-electron chi connectivity index (χ0n) is 11.4. The van der Waals surface area contributed by atoms with E-state index < -0.39 is 0 Å². The minimum absolute atomic E-state index is 0.345. The van der Waals surface area contributed by atoms with Gasteiger partial charge in [0.15, 0.2) is 0 Å². The third-order valence-corrected chi connectivity index (χ3v) is 4.64. The fourth-order valence-corrected chi connectivity index (χ4v) is 3.53. The summed E-state index contributed by atoms with van der Waals surface area (Å²) in [6.07, 6.45) is 5.00. The van der Waals surface area contributed by atoms with Crippen molar-refractivity contribution in [1.29, 1.82) is 0 Å². The minimum atomic E-state index is 0.345. The second-order valence-corrected chi connectivity index (χ2v) is 5.94. The molecule has 0 aromatic rings. The van der Waals surface area contributed by atoms with Crippen LogP contribution in [0.3, 0.4) is 0 Å². The van der Waals surface area contributed by atoms with Crippen molar-refractivity contribution in [2.45, 2.75) is 51.6 Å². The molecule has 3 heteroatoms. The van der Waals surface area contributed by atoms with Gasteiger partial charge in [0.25, 0.3) is 0 Å². The van der Waals surface area contributed by atoms with E-state index in [4.69, 9.17) is 5.11 Å². The Hall–Kier alpha value is -0.120. The molecule has 2 aliphatic rings. The number of aliphatic hydroxyl groups excluding tert-OH is 1. The normalized spacial score (nSPS) is 39.0. The van der Waals surface area contributed by atoms with Crippen LogP contribution in [0.5, 0.6) is 0 Å². The van der Waals surface area contributed by atoms with Crippen molar-refractivity contribution in [1.82, 2.24) is 10.2 Å². The van der Waals surface area contributed by atoms with Gasteiger partial charge < -0.3 is 10.4 Å². The molecule has 1 heterocycles. The molecule has 4 unspecified atom stereocenters. The van der Waals surface area contributed by atoms with Gasteiger partial charge >= 0.3 is 0 Å². The Morgan fingerprint density at radius 3 is 2.65 bits per heavy atom. The van der Waals surface area contributed by atoms with E-state index in [9.17, 15) is 0 Å². The molecule has 1 saturated heterocycles. The largest absolute Gasteiger partial charge is 0.396 e. The molecule has 0 amide bonds. The van der Waals surface area contributed by atoms with Crippen LogP contribution in [0, 0.1) is 11.8 Å². The maximum absolute atomic E-state index is 9.14. The van der Waals surface area contributed by atoms with Crippen molar-refractivity contribution in [2.24, 2.45) is 11.8 Å². The Bertz CT molecular complexity index is 220. The molecule has 0 aromatic heterocycles. The molecule has 0 aromatic carbocycles. The summed E-state index contributed by atoms with van der Waals surface area (Å²) in [7, 11) is 0. The van der Waals surface area contributed by atoms with Gasteiger partial charge in [-0.2, -0.15) is 0 Å². The average molecular weight is 240 g/mol. The summed E-state index contributed by atoms with van der Waals surface area (Å²) in [5, 5.41) is 12.7. The molecule has 4 atom stereocenters. The van der Waals surface area contributed by atoms with Crippen LogP contribution >= 0.6 is 0 Å². The summed E-state index contributed by atoms with van der Waals surface area (Å²) in [5.41, 5.74) is 0. The van der Waals surface area contributed by atoms with Crippen LogP contribution in [0.15, 0.2) is 0 Å². The predicted molar refractivity (Wildman–Crippen MR) is 71.0 cm³/mol. The standard InChI is InChI=1S/C14H28N2O/c1-3-15-13-8-12(6-7-17)9-16(10-13)14-5-4-11(14)2/h11-15,17H,3-10H2,1-2H3. The van der Waals surface area contributed by atoms with Gasteiger partial charge in [-0.25, -0.2) is 0 Å². The lowest BCUT2D eigenvalue weighted by Crippen LogP contribution is -2.56. The molecule has 2 rings (SSSR count). The van der Waals surface area contributed by atoms with Gasteiger partial charge in [0.2, 0.25) is 0 Å². The summed E-state index contributed by atoms with van der Waals surface area (Å²) < 4.78 is 0. The summed E-state index contributed by atoms with van der Waals surface area (Å²) in [5.74, 6) is 1.57. The minimum Gasteiger partial charge on any atom is -0.396 e. The Morgan fingerprint density at radius 1 is 1.29 bits per heavy atom. The number of piperidine rings is 1.